The lowest BCUT2D eigenvalue weighted by atomic mass is 9.79. The molecule has 0 bridgehead atoms. The molecular formula is C15H30N2O. The van der Waals surface area contributed by atoms with Crippen LogP contribution in [0.25, 0.3) is 0 Å². The van der Waals surface area contributed by atoms with E-state index in [1.807, 2.05) is 0 Å². The van der Waals surface area contributed by atoms with Crippen LogP contribution in [0.3, 0.4) is 0 Å². The van der Waals surface area contributed by atoms with Crippen LogP contribution in [0.4, 0.5) is 0 Å². The zero-order valence-electron chi connectivity index (χ0n) is 12.3. The van der Waals surface area contributed by atoms with Gasteiger partial charge < -0.3 is 10.5 Å². The van der Waals surface area contributed by atoms with Gasteiger partial charge in [0.05, 0.1) is 12.2 Å². The molecule has 0 amide bonds. The van der Waals surface area contributed by atoms with Gasteiger partial charge in [0.1, 0.15) is 0 Å². The quantitative estimate of drug-likeness (QED) is 0.841. The maximum Gasteiger partial charge on any atom is 0.0568 e. The van der Waals surface area contributed by atoms with Gasteiger partial charge in [0.15, 0.2) is 0 Å². The maximum atomic E-state index is 6.21. The molecule has 0 aliphatic carbocycles. The zero-order chi connectivity index (χ0) is 13.2. The van der Waals surface area contributed by atoms with Gasteiger partial charge in [-0.3, -0.25) is 4.90 Å². The van der Waals surface area contributed by atoms with Gasteiger partial charge in [0, 0.05) is 18.1 Å². The summed E-state index contributed by atoms with van der Waals surface area (Å²) in [5.41, 5.74) is 6.41. The second-order valence-electron chi connectivity index (χ2n) is 6.35. The van der Waals surface area contributed by atoms with Crippen molar-refractivity contribution in [3.8, 4) is 0 Å². The molecule has 2 rings (SSSR count). The Kier molecular flexibility index (Phi) is 4.68. The van der Waals surface area contributed by atoms with Crippen molar-refractivity contribution in [3.63, 3.8) is 0 Å². The Morgan fingerprint density at radius 1 is 1.22 bits per heavy atom. The van der Waals surface area contributed by atoms with Gasteiger partial charge in [-0.2, -0.15) is 0 Å². The fourth-order valence-corrected chi connectivity index (χ4v) is 4.21. The zero-order valence-corrected chi connectivity index (χ0v) is 12.3. The molecule has 0 radical (unpaired) electrons. The minimum Gasteiger partial charge on any atom is -0.375 e. The molecule has 0 aromatic rings. The first kappa shape index (κ1) is 14.3. The molecule has 3 heteroatoms. The summed E-state index contributed by atoms with van der Waals surface area (Å²) < 4.78 is 5.92. The van der Waals surface area contributed by atoms with Gasteiger partial charge in [0.2, 0.25) is 0 Å². The van der Waals surface area contributed by atoms with Crippen molar-refractivity contribution in [3.05, 3.63) is 0 Å². The third-order valence-corrected chi connectivity index (χ3v) is 4.89. The highest BCUT2D eigenvalue weighted by molar-refractivity contribution is 5.00. The third kappa shape index (κ3) is 2.73. The van der Waals surface area contributed by atoms with Gasteiger partial charge in [-0.05, 0) is 52.5 Å². The van der Waals surface area contributed by atoms with Gasteiger partial charge in [-0.1, -0.05) is 13.3 Å². The highest BCUT2D eigenvalue weighted by Crippen LogP contribution is 2.38. The van der Waals surface area contributed by atoms with Crippen LogP contribution in [-0.2, 0) is 4.74 Å². The summed E-state index contributed by atoms with van der Waals surface area (Å²) in [5, 5.41) is 0. The molecule has 2 N–H and O–H groups in total. The monoisotopic (exact) mass is 254 g/mol. The molecule has 2 heterocycles. The minimum absolute atomic E-state index is 0.193. The van der Waals surface area contributed by atoms with Gasteiger partial charge >= 0.3 is 0 Å². The van der Waals surface area contributed by atoms with E-state index in [9.17, 15) is 0 Å². The second kappa shape index (κ2) is 5.89. The van der Waals surface area contributed by atoms with Crippen LogP contribution in [0.2, 0.25) is 0 Å². The van der Waals surface area contributed by atoms with Crippen molar-refractivity contribution >= 4 is 0 Å². The number of piperidine rings is 1. The summed E-state index contributed by atoms with van der Waals surface area (Å²) in [6, 6.07) is 0.736. The molecule has 2 fully saturated rings. The summed E-state index contributed by atoms with van der Waals surface area (Å²) in [4.78, 5) is 2.74. The number of rotatable bonds is 3. The lowest BCUT2D eigenvalue weighted by Gasteiger charge is -2.53. The molecule has 3 unspecified atom stereocenters. The molecule has 0 spiro atoms. The Morgan fingerprint density at radius 3 is 2.44 bits per heavy atom. The van der Waals surface area contributed by atoms with Crippen LogP contribution in [0.5, 0.6) is 0 Å². The van der Waals surface area contributed by atoms with Crippen molar-refractivity contribution < 1.29 is 4.74 Å². The molecule has 0 saturated carbocycles. The number of hydrogen-bond donors (Lipinski definition) is 1. The van der Waals surface area contributed by atoms with Gasteiger partial charge in [0.25, 0.3) is 0 Å². The van der Waals surface area contributed by atoms with Crippen LogP contribution >= 0.6 is 0 Å². The molecule has 3 nitrogen and oxygen atoms in total. The van der Waals surface area contributed by atoms with Gasteiger partial charge in [-0.25, -0.2) is 0 Å². The first-order chi connectivity index (χ1) is 8.61. The molecule has 106 valence electrons. The molecule has 0 aromatic heterocycles. The van der Waals surface area contributed by atoms with Crippen molar-refractivity contribution in [2.75, 3.05) is 13.1 Å². The number of nitrogens with two attached hydrogens (primary N) is 1. The van der Waals surface area contributed by atoms with E-state index in [0.29, 0.717) is 12.2 Å². The van der Waals surface area contributed by atoms with Crippen molar-refractivity contribution in [1.82, 2.24) is 4.90 Å². The van der Waals surface area contributed by atoms with Crippen LogP contribution in [0.1, 0.15) is 59.3 Å². The number of ether oxygens (including phenoxy) is 1. The lowest BCUT2D eigenvalue weighted by molar-refractivity contribution is -0.119. The van der Waals surface area contributed by atoms with Crippen molar-refractivity contribution in [2.45, 2.75) is 83.1 Å². The molecule has 0 aromatic carbocycles. The SMILES string of the molecule is CCC1CCCCN1C1(CN)CC(C)OC(C)C1. The number of nitrogens with zero attached hydrogens (tertiary/aromatic N) is 1. The molecule has 2 saturated heterocycles. The molecule has 3 atom stereocenters. The Labute approximate surface area is 112 Å². The lowest BCUT2D eigenvalue weighted by Crippen LogP contribution is -2.63. The Hall–Kier alpha value is -0.120. The van der Waals surface area contributed by atoms with Crippen LogP contribution in [0, 0.1) is 0 Å². The van der Waals surface area contributed by atoms with E-state index in [0.717, 1.165) is 25.4 Å². The summed E-state index contributed by atoms with van der Waals surface area (Å²) in [5.74, 6) is 0. The number of hydrogen-bond acceptors (Lipinski definition) is 3. The third-order valence-electron chi connectivity index (χ3n) is 4.89. The summed E-state index contributed by atoms with van der Waals surface area (Å²) >= 11 is 0. The minimum atomic E-state index is 0.193. The van der Waals surface area contributed by atoms with Crippen molar-refractivity contribution in [1.29, 1.82) is 0 Å². The Morgan fingerprint density at radius 2 is 1.89 bits per heavy atom. The van der Waals surface area contributed by atoms with E-state index in [1.165, 1.54) is 32.2 Å². The standard InChI is InChI=1S/C15H30N2O/c1-4-14-7-5-6-8-17(14)15(11-16)9-12(2)18-13(3)10-15/h12-14H,4-11,16H2,1-3H3. The number of likely N-dealkylation sites (tertiary alicyclic amines) is 1. The second-order valence-corrected chi connectivity index (χ2v) is 6.35. The van der Waals surface area contributed by atoms with E-state index in [2.05, 4.69) is 25.7 Å². The maximum absolute atomic E-state index is 6.21. The first-order valence-corrected chi connectivity index (χ1v) is 7.73. The van der Waals surface area contributed by atoms with Gasteiger partial charge in [-0.15, -0.1) is 0 Å². The van der Waals surface area contributed by atoms with E-state index in [4.69, 9.17) is 10.5 Å². The van der Waals surface area contributed by atoms with E-state index in [1.54, 1.807) is 0 Å². The Balaban J connectivity index is 2.18. The summed E-state index contributed by atoms with van der Waals surface area (Å²) in [6.45, 7) is 8.73. The summed E-state index contributed by atoms with van der Waals surface area (Å²) in [6.07, 6.45) is 8.22. The topological polar surface area (TPSA) is 38.5 Å². The smallest absolute Gasteiger partial charge is 0.0568 e. The fraction of sp³-hybridized carbons (Fsp3) is 1.00. The van der Waals surface area contributed by atoms with Crippen molar-refractivity contribution in [2.24, 2.45) is 5.73 Å². The van der Waals surface area contributed by atoms with Crippen LogP contribution in [0.15, 0.2) is 0 Å². The van der Waals surface area contributed by atoms with E-state index in [-0.39, 0.29) is 5.54 Å². The highest BCUT2D eigenvalue weighted by atomic mass is 16.5. The molecule has 2 aliphatic heterocycles. The predicted molar refractivity (Wildman–Crippen MR) is 75.7 cm³/mol. The van der Waals surface area contributed by atoms with E-state index < -0.39 is 0 Å². The molecular weight excluding hydrogens is 224 g/mol. The average Bonchev–Trinajstić information content (AvgIpc) is 2.37. The van der Waals surface area contributed by atoms with E-state index >= 15 is 0 Å². The molecule has 18 heavy (non-hydrogen) atoms. The predicted octanol–water partition coefficient (Wildman–Crippen LogP) is 2.54. The molecule has 2 aliphatic rings. The first-order valence-electron chi connectivity index (χ1n) is 7.73. The summed E-state index contributed by atoms with van der Waals surface area (Å²) in [7, 11) is 0. The normalized spacial score (nSPS) is 43.0. The largest absolute Gasteiger partial charge is 0.375 e. The fourth-order valence-electron chi connectivity index (χ4n) is 4.21. The highest BCUT2D eigenvalue weighted by Gasteiger charge is 2.44. The van der Waals surface area contributed by atoms with Crippen LogP contribution in [-0.4, -0.2) is 41.8 Å². The van der Waals surface area contributed by atoms with Crippen LogP contribution < -0.4 is 5.73 Å². The average molecular weight is 254 g/mol. The Bertz CT molecular complexity index is 259.